The van der Waals surface area contributed by atoms with Gasteiger partial charge >= 0.3 is 6.01 Å². The van der Waals surface area contributed by atoms with Gasteiger partial charge in [0.25, 0.3) is 5.89 Å². The number of aromatic nitrogens is 3. The first-order valence-electron chi connectivity index (χ1n) is 7.32. The topological polar surface area (TPSA) is 82.3 Å². The van der Waals surface area contributed by atoms with Crippen molar-refractivity contribution in [2.75, 3.05) is 12.1 Å². The molecule has 0 saturated carbocycles. The Balaban J connectivity index is 1.44. The van der Waals surface area contributed by atoms with Gasteiger partial charge in [-0.1, -0.05) is 40.2 Å². The zero-order valence-corrected chi connectivity index (χ0v) is 14.1. The second kappa shape index (κ2) is 5.61. The fourth-order valence-electron chi connectivity index (χ4n) is 2.48. The molecule has 0 unspecified atom stereocenters. The summed E-state index contributed by atoms with van der Waals surface area (Å²) in [4.78, 5) is 4.50. The van der Waals surface area contributed by atoms with E-state index < -0.39 is 0 Å². The van der Waals surface area contributed by atoms with E-state index in [2.05, 4.69) is 20.5 Å². The van der Waals surface area contributed by atoms with Gasteiger partial charge in [0.2, 0.25) is 6.79 Å². The maximum atomic E-state index is 6.15. The Labute approximate surface area is 150 Å². The van der Waals surface area contributed by atoms with Crippen LogP contribution in [0.3, 0.4) is 0 Å². The van der Waals surface area contributed by atoms with E-state index in [0.717, 1.165) is 16.0 Å². The average molecular weight is 373 g/mol. The van der Waals surface area contributed by atoms with E-state index in [4.69, 9.17) is 25.5 Å². The molecule has 9 heteroatoms. The molecule has 0 atom stereocenters. The molecule has 0 aliphatic carbocycles. The quantitative estimate of drug-likeness (QED) is 0.568. The van der Waals surface area contributed by atoms with Gasteiger partial charge in [-0.15, -0.1) is 5.10 Å². The number of fused-ring (bicyclic) bond motifs is 2. The van der Waals surface area contributed by atoms with Crippen LogP contribution in [0.4, 0.5) is 11.1 Å². The van der Waals surface area contributed by atoms with Gasteiger partial charge in [-0.05, 0) is 12.1 Å². The molecule has 0 saturated heterocycles. The van der Waals surface area contributed by atoms with Crippen LogP contribution < -0.4 is 14.8 Å². The summed E-state index contributed by atoms with van der Waals surface area (Å²) < 4.78 is 17.3. The van der Waals surface area contributed by atoms with Crippen molar-refractivity contribution in [3.8, 4) is 23.0 Å². The third kappa shape index (κ3) is 2.55. The number of benzene rings is 2. The minimum atomic E-state index is 0.241. The zero-order chi connectivity index (χ0) is 16.8. The molecule has 0 spiro atoms. The summed E-state index contributed by atoms with van der Waals surface area (Å²) in [6.07, 6.45) is 0. The van der Waals surface area contributed by atoms with Crippen molar-refractivity contribution >= 4 is 44.3 Å². The van der Waals surface area contributed by atoms with Gasteiger partial charge in [-0.25, -0.2) is 4.98 Å². The summed E-state index contributed by atoms with van der Waals surface area (Å²) in [5.41, 5.74) is 1.49. The highest BCUT2D eigenvalue weighted by molar-refractivity contribution is 7.22. The standard InChI is InChI=1S/C16H9ClN4O3S/c17-9-4-2-1-3-8(9)14-20-21-15(24-14)19-16-18-10-5-11-12(23-7-22-11)6-13(10)25-16/h1-6H,7H2,(H,18,19,21). The van der Waals surface area contributed by atoms with Crippen molar-refractivity contribution in [1.82, 2.24) is 15.2 Å². The molecule has 1 aliphatic rings. The zero-order valence-electron chi connectivity index (χ0n) is 12.5. The van der Waals surface area contributed by atoms with Crippen molar-refractivity contribution < 1.29 is 13.9 Å². The minimum absolute atomic E-state index is 0.241. The first-order valence-corrected chi connectivity index (χ1v) is 8.51. The van der Waals surface area contributed by atoms with E-state index in [0.29, 0.717) is 27.4 Å². The lowest BCUT2D eigenvalue weighted by molar-refractivity contribution is 0.174. The number of hydrogen-bond acceptors (Lipinski definition) is 8. The second-order valence-electron chi connectivity index (χ2n) is 5.21. The van der Waals surface area contributed by atoms with E-state index in [1.807, 2.05) is 30.3 Å². The maximum Gasteiger partial charge on any atom is 0.322 e. The van der Waals surface area contributed by atoms with Crippen LogP contribution in [-0.4, -0.2) is 22.0 Å². The fraction of sp³-hybridized carbons (Fsp3) is 0.0625. The number of anilines is 2. The molecule has 1 aliphatic heterocycles. The van der Waals surface area contributed by atoms with Gasteiger partial charge in [0.05, 0.1) is 20.8 Å². The molecule has 4 aromatic rings. The SMILES string of the molecule is Clc1ccccc1-c1nnc(Nc2nc3cc4c(cc3s2)OCO4)o1. The van der Waals surface area contributed by atoms with Crippen molar-refractivity contribution in [3.63, 3.8) is 0 Å². The third-order valence-corrected chi connectivity index (χ3v) is 4.89. The minimum Gasteiger partial charge on any atom is -0.454 e. The van der Waals surface area contributed by atoms with Crippen LogP contribution in [0.25, 0.3) is 21.7 Å². The number of rotatable bonds is 3. The molecule has 3 heterocycles. The molecule has 124 valence electrons. The molecule has 25 heavy (non-hydrogen) atoms. The molecule has 2 aromatic carbocycles. The largest absolute Gasteiger partial charge is 0.454 e. The lowest BCUT2D eigenvalue weighted by Gasteiger charge is -1.97. The normalized spacial score (nSPS) is 12.7. The predicted molar refractivity (Wildman–Crippen MR) is 93.8 cm³/mol. The molecule has 1 N–H and O–H groups in total. The Kier molecular flexibility index (Phi) is 3.25. The van der Waals surface area contributed by atoms with Crippen LogP contribution in [0.1, 0.15) is 0 Å². The number of nitrogens with zero attached hydrogens (tertiary/aromatic N) is 3. The van der Waals surface area contributed by atoms with Crippen molar-refractivity contribution in [3.05, 3.63) is 41.4 Å². The van der Waals surface area contributed by atoms with Crippen LogP contribution in [0.15, 0.2) is 40.8 Å². The molecule has 7 nitrogen and oxygen atoms in total. The fourth-order valence-corrected chi connectivity index (χ4v) is 3.56. The van der Waals surface area contributed by atoms with Gasteiger partial charge in [0, 0.05) is 12.1 Å². The van der Waals surface area contributed by atoms with Gasteiger partial charge in [-0.3, -0.25) is 5.32 Å². The average Bonchev–Trinajstić information content (AvgIpc) is 3.32. The van der Waals surface area contributed by atoms with Crippen molar-refractivity contribution in [2.45, 2.75) is 0 Å². The number of hydrogen-bond donors (Lipinski definition) is 1. The molecular formula is C16H9ClN4O3S. The number of nitrogens with one attached hydrogen (secondary N) is 1. The highest BCUT2D eigenvalue weighted by Crippen LogP contribution is 2.39. The van der Waals surface area contributed by atoms with E-state index in [-0.39, 0.29) is 12.8 Å². The Morgan fingerprint density at radius 3 is 2.80 bits per heavy atom. The third-order valence-electron chi connectivity index (χ3n) is 3.63. The molecular weight excluding hydrogens is 364 g/mol. The van der Waals surface area contributed by atoms with E-state index in [1.54, 1.807) is 6.07 Å². The molecule has 0 fully saturated rings. The Morgan fingerprint density at radius 2 is 1.92 bits per heavy atom. The summed E-state index contributed by atoms with van der Waals surface area (Å²) in [5.74, 6) is 1.76. The predicted octanol–water partition coefficient (Wildman–Crippen LogP) is 4.47. The van der Waals surface area contributed by atoms with Crippen molar-refractivity contribution in [1.29, 1.82) is 0 Å². The van der Waals surface area contributed by atoms with Crippen LogP contribution in [-0.2, 0) is 0 Å². The summed E-state index contributed by atoms with van der Waals surface area (Å²) in [6.45, 7) is 0.241. The Morgan fingerprint density at radius 1 is 1.08 bits per heavy atom. The van der Waals surface area contributed by atoms with Crippen LogP contribution in [0.5, 0.6) is 11.5 Å². The second-order valence-corrected chi connectivity index (χ2v) is 6.65. The lowest BCUT2D eigenvalue weighted by Crippen LogP contribution is -1.92. The van der Waals surface area contributed by atoms with Gasteiger partial charge < -0.3 is 13.9 Å². The highest BCUT2D eigenvalue weighted by atomic mass is 35.5. The van der Waals surface area contributed by atoms with Crippen molar-refractivity contribution in [2.24, 2.45) is 0 Å². The van der Waals surface area contributed by atoms with E-state index in [1.165, 1.54) is 11.3 Å². The first kappa shape index (κ1) is 14.5. The molecule has 2 aromatic heterocycles. The molecule has 0 amide bonds. The summed E-state index contributed by atoms with van der Waals surface area (Å²) in [7, 11) is 0. The van der Waals surface area contributed by atoms with E-state index in [9.17, 15) is 0 Å². The number of thiazole rings is 1. The smallest absolute Gasteiger partial charge is 0.322 e. The van der Waals surface area contributed by atoms with E-state index >= 15 is 0 Å². The van der Waals surface area contributed by atoms with Crippen LogP contribution >= 0.6 is 22.9 Å². The van der Waals surface area contributed by atoms with Gasteiger partial charge in [-0.2, -0.15) is 0 Å². The van der Waals surface area contributed by atoms with Gasteiger partial charge in [0.15, 0.2) is 16.6 Å². The van der Waals surface area contributed by atoms with Crippen LogP contribution in [0.2, 0.25) is 5.02 Å². The summed E-state index contributed by atoms with van der Waals surface area (Å²) >= 11 is 7.60. The first-order chi connectivity index (χ1) is 12.3. The monoisotopic (exact) mass is 372 g/mol. The summed E-state index contributed by atoms with van der Waals surface area (Å²) in [6, 6.07) is 11.3. The van der Waals surface area contributed by atoms with Gasteiger partial charge in [0.1, 0.15) is 0 Å². The molecule has 0 bridgehead atoms. The molecule has 5 rings (SSSR count). The van der Waals surface area contributed by atoms with Crippen LogP contribution in [0, 0.1) is 0 Å². The number of ether oxygens (including phenoxy) is 2. The maximum absolute atomic E-state index is 6.15. The Hall–Kier alpha value is -2.84. The summed E-state index contributed by atoms with van der Waals surface area (Å²) in [5, 5.41) is 12.2. The molecule has 0 radical (unpaired) electrons. The highest BCUT2D eigenvalue weighted by Gasteiger charge is 2.17. The Bertz CT molecular complexity index is 1050. The lowest BCUT2D eigenvalue weighted by atomic mass is 10.2. The number of halogens is 1.